The number of amides is 1. The molecule has 0 atom stereocenters. The average molecular weight is 302 g/mol. The second-order valence-electron chi connectivity index (χ2n) is 4.06. The first-order valence-corrected chi connectivity index (χ1v) is 6.57. The number of nitriles is 1. The van der Waals surface area contributed by atoms with E-state index in [1.165, 1.54) is 12.4 Å². The number of hydrogen-bond donors (Lipinski definition) is 2. The van der Waals surface area contributed by atoms with E-state index in [1.54, 1.807) is 24.3 Å². The van der Waals surface area contributed by atoms with Crippen molar-refractivity contribution in [3.63, 3.8) is 0 Å². The molecular weight excluding hydrogens is 290 g/mol. The molecule has 106 valence electrons. The molecule has 0 saturated heterocycles. The summed E-state index contributed by atoms with van der Waals surface area (Å²) in [5, 5.41) is 14.8. The highest BCUT2D eigenvalue weighted by Gasteiger charge is 2.08. The van der Waals surface area contributed by atoms with E-state index in [9.17, 15) is 4.79 Å². The molecule has 1 aromatic carbocycles. The largest absolute Gasteiger partial charge is 0.367 e. The van der Waals surface area contributed by atoms with Crippen LogP contribution in [0.4, 0.5) is 5.82 Å². The molecule has 1 amide bonds. The Morgan fingerprint density at radius 1 is 1.24 bits per heavy atom. The summed E-state index contributed by atoms with van der Waals surface area (Å²) in [6.07, 6.45) is 2.85. The zero-order valence-corrected chi connectivity index (χ0v) is 11.8. The average Bonchev–Trinajstić information content (AvgIpc) is 2.52. The Morgan fingerprint density at radius 2 is 2.05 bits per heavy atom. The number of carbonyl (C=O) groups is 1. The molecule has 2 aromatic rings. The van der Waals surface area contributed by atoms with Crippen molar-refractivity contribution in [2.24, 2.45) is 0 Å². The first-order valence-electron chi connectivity index (χ1n) is 6.19. The molecule has 2 rings (SSSR count). The van der Waals surface area contributed by atoms with Gasteiger partial charge in [-0.25, -0.2) is 9.97 Å². The number of aromatic nitrogens is 2. The number of halogens is 1. The number of nitrogens with zero attached hydrogens (tertiary/aromatic N) is 3. The van der Waals surface area contributed by atoms with Crippen LogP contribution in [0.5, 0.6) is 0 Å². The first-order chi connectivity index (χ1) is 10.2. The third-order valence-electron chi connectivity index (χ3n) is 2.60. The van der Waals surface area contributed by atoms with E-state index in [2.05, 4.69) is 20.6 Å². The molecule has 0 bridgehead atoms. The standard InChI is InChI=1S/C14H12ClN5O/c15-12-4-2-1-3-11(12)14(21)18-6-5-17-13-9-19-10(7-16)8-20-13/h1-4,8-9H,5-6H2,(H,17,20)(H,18,21). The first kappa shape index (κ1) is 14.8. The Hall–Kier alpha value is -2.65. The molecule has 0 aliphatic heterocycles. The Bertz CT molecular complexity index is 666. The number of anilines is 1. The van der Waals surface area contributed by atoms with E-state index in [-0.39, 0.29) is 11.6 Å². The van der Waals surface area contributed by atoms with Gasteiger partial charge in [0, 0.05) is 13.1 Å². The van der Waals surface area contributed by atoms with Crippen molar-refractivity contribution in [2.45, 2.75) is 0 Å². The fraction of sp³-hybridized carbons (Fsp3) is 0.143. The smallest absolute Gasteiger partial charge is 0.252 e. The lowest BCUT2D eigenvalue weighted by molar-refractivity contribution is 0.0955. The molecule has 0 spiro atoms. The molecule has 6 nitrogen and oxygen atoms in total. The molecule has 0 unspecified atom stereocenters. The van der Waals surface area contributed by atoms with E-state index in [4.69, 9.17) is 16.9 Å². The highest BCUT2D eigenvalue weighted by Crippen LogP contribution is 2.14. The third kappa shape index (κ3) is 4.16. The third-order valence-corrected chi connectivity index (χ3v) is 2.93. The van der Waals surface area contributed by atoms with E-state index >= 15 is 0 Å². The maximum absolute atomic E-state index is 11.9. The Balaban J connectivity index is 1.78. The fourth-order valence-corrected chi connectivity index (χ4v) is 1.81. The van der Waals surface area contributed by atoms with Crippen LogP contribution >= 0.6 is 11.6 Å². The van der Waals surface area contributed by atoms with Gasteiger partial charge in [0.25, 0.3) is 5.91 Å². The normalized spacial score (nSPS) is 9.71. The van der Waals surface area contributed by atoms with Crippen molar-refractivity contribution in [1.82, 2.24) is 15.3 Å². The SMILES string of the molecule is N#Cc1cnc(NCCNC(=O)c2ccccc2Cl)cn1. The molecule has 0 fully saturated rings. The van der Waals surface area contributed by atoms with Gasteiger partial charge >= 0.3 is 0 Å². The van der Waals surface area contributed by atoms with Crippen molar-refractivity contribution in [1.29, 1.82) is 5.26 Å². The van der Waals surface area contributed by atoms with Gasteiger partial charge in [-0.15, -0.1) is 0 Å². The van der Waals surface area contributed by atoms with Crippen molar-refractivity contribution < 1.29 is 4.79 Å². The van der Waals surface area contributed by atoms with Crippen LogP contribution in [-0.4, -0.2) is 29.0 Å². The van der Waals surface area contributed by atoms with Gasteiger partial charge in [-0.2, -0.15) is 5.26 Å². The van der Waals surface area contributed by atoms with Crippen molar-refractivity contribution in [3.8, 4) is 6.07 Å². The van der Waals surface area contributed by atoms with E-state index in [1.807, 2.05) is 6.07 Å². The molecular formula is C14H12ClN5O. The zero-order valence-electron chi connectivity index (χ0n) is 11.0. The van der Waals surface area contributed by atoms with Gasteiger partial charge in [0.05, 0.1) is 23.0 Å². The summed E-state index contributed by atoms with van der Waals surface area (Å²) in [5.41, 5.74) is 0.699. The highest BCUT2D eigenvalue weighted by atomic mass is 35.5. The van der Waals surface area contributed by atoms with Crippen LogP contribution in [0.3, 0.4) is 0 Å². The van der Waals surface area contributed by atoms with Crippen LogP contribution in [0.25, 0.3) is 0 Å². The number of hydrogen-bond acceptors (Lipinski definition) is 5. The Kier molecular flexibility index (Phi) is 5.07. The van der Waals surface area contributed by atoms with Crippen LogP contribution < -0.4 is 10.6 Å². The van der Waals surface area contributed by atoms with E-state index in [0.717, 1.165) is 0 Å². The van der Waals surface area contributed by atoms with Crippen LogP contribution in [0.1, 0.15) is 16.1 Å². The topological polar surface area (TPSA) is 90.7 Å². The summed E-state index contributed by atoms with van der Waals surface area (Å²) in [6.45, 7) is 0.891. The second-order valence-corrected chi connectivity index (χ2v) is 4.47. The van der Waals surface area contributed by atoms with Gasteiger partial charge in [0.1, 0.15) is 11.9 Å². The van der Waals surface area contributed by atoms with Crippen molar-refractivity contribution in [3.05, 3.63) is 52.9 Å². The number of nitrogens with one attached hydrogen (secondary N) is 2. The molecule has 0 saturated carbocycles. The van der Waals surface area contributed by atoms with Gasteiger partial charge in [-0.3, -0.25) is 4.79 Å². The molecule has 1 heterocycles. The quantitative estimate of drug-likeness (QED) is 0.822. The van der Waals surface area contributed by atoms with Gasteiger partial charge < -0.3 is 10.6 Å². The molecule has 2 N–H and O–H groups in total. The van der Waals surface area contributed by atoms with Gasteiger partial charge in [-0.05, 0) is 12.1 Å². The summed E-state index contributed by atoms with van der Waals surface area (Å²) in [7, 11) is 0. The minimum Gasteiger partial charge on any atom is -0.367 e. The number of benzene rings is 1. The van der Waals surface area contributed by atoms with Crippen LogP contribution in [0, 0.1) is 11.3 Å². The lowest BCUT2D eigenvalue weighted by Crippen LogP contribution is -2.29. The molecule has 0 aliphatic carbocycles. The predicted octanol–water partition coefficient (Wildman–Crippen LogP) is 1.84. The van der Waals surface area contributed by atoms with Crippen molar-refractivity contribution >= 4 is 23.3 Å². The van der Waals surface area contributed by atoms with Gasteiger partial charge in [0.2, 0.25) is 0 Å². The highest BCUT2D eigenvalue weighted by molar-refractivity contribution is 6.33. The van der Waals surface area contributed by atoms with Crippen LogP contribution in [-0.2, 0) is 0 Å². The summed E-state index contributed by atoms with van der Waals surface area (Å²) in [6, 6.07) is 8.74. The lowest BCUT2D eigenvalue weighted by atomic mass is 10.2. The summed E-state index contributed by atoms with van der Waals surface area (Å²) >= 11 is 5.94. The molecule has 7 heteroatoms. The second kappa shape index (κ2) is 7.22. The summed E-state index contributed by atoms with van der Waals surface area (Å²) < 4.78 is 0. The minimum absolute atomic E-state index is 0.228. The maximum Gasteiger partial charge on any atom is 0.252 e. The summed E-state index contributed by atoms with van der Waals surface area (Å²) in [5.74, 6) is 0.314. The predicted molar refractivity (Wildman–Crippen MR) is 79.0 cm³/mol. The van der Waals surface area contributed by atoms with Crippen LogP contribution in [0.2, 0.25) is 5.02 Å². The van der Waals surface area contributed by atoms with Crippen LogP contribution in [0.15, 0.2) is 36.7 Å². The fourth-order valence-electron chi connectivity index (χ4n) is 1.58. The summed E-state index contributed by atoms with van der Waals surface area (Å²) in [4.78, 5) is 19.8. The van der Waals surface area contributed by atoms with Gasteiger partial charge in [0.15, 0.2) is 5.69 Å². The van der Waals surface area contributed by atoms with Crippen molar-refractivity contribution in [2.75, 3.05) is 18.4 Å². The number of carbonyl (C=O) groups excluding carboxylic acids is 1. The van der Waals surface area contributed by atoms with E-state index < -0.39 is 0 Å². The monoisotopic (exact) mass is 301 g/mol. The number of rotatable bonds is 5. The molecule has 0 radical (unpaired) electrons. The zero-order chi connectivity index (χ0) is 15.1. The van der Waals surface area contributed by atoms with Gasteiger partial charge in [-0.1, -0.05) is 23.7 Å². The van der Waals surface area contributed by atoms with E-state index in [0.29, 0.717) is 29.5 Å². The molecule has 0 aliphatic rings. The minimum atomic E-state index is -0.228. The Labute approximate surface area is 126 Å². The molecule has 1 aromatic heterocycles. The lowest BCUT2D eigenvalue weighted by Gasteiger charge is -2.08. The Morgan fingerprint density at radius 3 is 2.71 bits per heavy atom. The maximum atomic E-state index is 11.9. The molecule has 21 heavy (non-hydrogen) atoms.